The number of nitrogens with zero attached hydrogens (tertiary/aromatic N) is 1. The Labute approximate surface area is 122 Å². The predicted molar refractivity (Wildman–Crippen MR) is 81.7 cm³/mol. The number of halogens is 1. The van der Waals surface area contributed by atoms with Crippen molar-refractivity contribution in [2.75, 3.05) is 17.8 Å². The Bertz CT molecular complexity index is 497. The summed E-state index contributed by atoms with van der Waals surface area (Å²) in [5.41, 5.74) is 0.655. The molecule has 4 nitrogen and oxygen atoms in total. The van der Waals surface area contributed by atoms with E-state index in [4.69, 9.17) is 0 Å². The van der Waals surface area contributed by atoms with Crippen LogP contribution in [0.2, 0.25) is 0 Å². The van der Waals surface area contributed by atoms with Gasteiger partial charge < -0.3 is 0 Å². The van der Waals surface area contributed by atoms with Gasteiger partial charge in [0.25, 0.3) is 0 Å². The van der Waals surface area contributed by atoms with Crippen molar-refractivity contribution >= 4 is 38.5 Å². The SMILES string of the molecule is O=S(=O)(Nc1ccccc1I)N1CCCCCC1. The Balaban J connectivity index is 2.13. The summed E-state index contributed by atoms with van der Waals surface area (Å²) >= 11 is 2.13. The molecule has 6 heteroatoms. The summed E-state index contributed by atoms with van der Waals surface area (Å²) in [5.74, 6) is 0. The minimum atomic E-state index is -3.40. The van der Waals surface area contributed by atoms with Crippen LogP contribution in [0.5, 0.6) is 0 Å². The van der Waals surface area contributed by atoms with E-state index in [0.717, 1.165) is 29.3 Å². The first-order chi connectivity index (χ1) is 8.59. The maximum atomic E-state index is 12.3. The highest BCUT2D eigenvalue weighted by atomic mass is 127. The molecule has 1 aromatic rings. The van der Waals surface area contributed by atoms with Crippen LogP contribution in [-0.2, 0) is 10.2 Å². The lowest BCUT2D eigenvalue weighted by atomic mass is 10.2. The Hall–Kier alpha value is -0.340. The Kier molecular flexibility index (Phi) is 4.85. The van der Waals surface area contributed by atoms with E-state index in [-0.39, 0.29) is 0 Å². The van der Waals surface area contributed by atoms with Crippen molar-refractivity contribution < 1.29 is 8.42 Å². The lowest BCUT2D eigenvalue weighted by Gasteiger charge is -2.21. The standard InChI is InChI=1S/C12H17IN2O2S/c13-11-7-3-4-8-12(11)14-18(16,17)15-9-5-1-2-6-10-15/h3-4,7-8,14H,1-2,5-6,9-10H2. The fraction of sp³-hybridized carbons (Fsp3) is 0.500. The summed E-state index contributed by atoms with van der Waals surface area (Å²) in [7, 11) is -3.40. The average molecular weight is 380 g/mol. The summed E-state index contributed by atoms with van der Waals surface area (Å²) < 4.78 is 29.7. The van der Waals surface area contributed by atoms with E-state index in [0.29, 0.717) is 18.8 Å². The lowest BCUT2D eigenvalue weighted by Crippen LogP contribution is -2.36. The van der Waals surface area contributed by atoms with Gasteiger partial charge in [-0.1, -0.05) is 25.0 Å². The van der Waals surface area contributed by atoms with Gasteiger partial charge in [-0.25, -0.2) is 0 Å². The summed E-state index contributed by atoms with van der Waals surface area (Å²) in [5, 5.41) is 0. The minimum Gasteiger partial charge on any atom is -0.270 e. The van der Waals surface area contributed by atoms with Crippen molar-refractivity contribution in [3.05, 3.63) is 27.8 Å². The van der Waals surface area contributed by atoms with E-state index < -0.39 is 10.2 Å². The number of rotatable bonds is 3. The summed E-state index contributed by atoms with van der Waals surface area (Å²) in [6.07, 6.45) is 4.14. The van der Waals surface area contributed by atoms with E-state index in [1.54, 1.807) is 10.4 Å². The molecule has 1 fully saturated rings. The van der Waals surface area contributed by atoms with Gasteiger partial charge in [0.2, 0.25) is 0 Å². The Morgan fingerprint density at radius 3 is 2.28 bits per heavy atom. The summed E-state index contributed by atoms with van der Waals surface area (Å²) in [6.45, 7) is 1.25. The molecule has 0 aromatic heterocycles. The van der Waals surface area contributed by atoms with Crippen LogP contribution in [0.4, 0.5) is 5.69 Å². The monoisotopic (exact) mass is 380 g/mol. The molecule has 0 radical (unpaired) electrons. The molecule has 0 spiro atoms. The van der Waals surface area contributed by atoms with Gasteiger partial charge in [-0.15, -0.1) is 0 Å². The second-order valence-electron chi connectivity index (χ2n) is 4.40. The number of nitrogens with one attached hydrogen (secondary N) is 1. The zero-order valence-corrected chi connectivity index (χ0v) is 13.1. The van der Waals surface area contributed by atoms with E-state index in [9.17, 15) is 8.42 Å². The van der Waals surface area contributed by atoms with E-state index in [1.165, 1.54) is 0 Å². The second kappa shape index (κ2) is 6.21. The third kappa shape index (κ3) is 3.58. The molecule has 1 N–H and O–H groups in total. The van der Waals surface area contributed by atoms with Gasteiger partial charge in [0.15, 0.2) is 0 Å². The van der Waals surface area contributed by atoms with Crippen LogP contribution in [0.15, 0.2) is 24.3 Å². The van der Waals surface area contributed by atoms with Crippen LogP contribution in [0.25, 0.3) is 0 Å². The highest BCUT2D eigenvalue weighted by Gasteiger charge is 2.23. The van der Waals surface area contributed by atoms with Gasteiger partial charge in [0.1, 0.15) is 0 Å². The molecule has 1 saturated heterocycles. The van der Waals surface area contributed by atoms with Crippen molar-refractivity contribution in [2.24, 2.45) is 0 Å². The van der Waals surface area contributed by atoms with Crippen molar-refractivity contribution in [3.8, 4) is 0 Å². The molecule has 18 heavy (non-hydrogen) atoms. The molecule has 0 bridgehead atoms. The van der Waals surface area contributed by atoms with E-state index in [2.05, 4.69) is 27.3 Å². The van der Waals surface area contributed by atoms with Crippen LogP contribution < -0.4 is 4.72 Å². The van der Waals surface area contributed by atoms with Crippen molar-refractivity contribution in [1.29, 1.82) is 0 Å². The smallest absolute Gasteiger partial charge is 0.270 e. The number of hydrogen-bond acceptors (Lipinski definition) is 2. The number of para-hydroxylation sites is 1. The normalized spacial score (nSPS) is 18.3. The maximum absolute atomic E-state index is 12.3. The largest absolute Gasteiger partial charge is 0.301 e. The molecule has 0 saturated carbocycles. The molecular weight excluding hydrogens is 363 g/mol. The van der Waals surface area contributed by atoms with E-state index in [1.807, 2.05) is 18.2 Å². The third-order valence-corrected chi connectivity index (χ3v) is 5.48. The highest BCUT2D eigenvalue weighted by molar-refractivity contribution is 14.1. The molecule has 100 valence electrons. The fourth-order valence-corrected chi connectivity index (χ4v) is 4.06. The minimum absolute atomic E-state index is 0.624. The third-order valence-electron chi connectivity index (χ3n) is 3.02. The van der Waals surface area contributed by atoms with Crippen LogP contribution >= 0.6 is 22.6 Å². The molecule has 2 rings (SSSR count). The first-order valence-corrected chi connectivity index (χ1v) is 8.64. The van der Waals surface area contributed by atoms with Gasteiger partial charge in [-0.05, 0) is 47.6 Å². The maximum Gasteiger partial charge on any atom is 0.301 e. The lowest BCUT2D eigenvalue weighted by molar-refractivity contribution is 0.427. The first kappa shape index (κ1) is 14.1. The highest BCUT2D eigenvalue weighted by Crippen LogP contribution is 2.21. The molecule has 0 atom stereocenters. The average Bonchev–Trinajstić information content (AvgIpc) is 2.61. The summed E-state index contributed by atoms with van der Waals surface area (Å²) in [4.78, 5) is 0. The topological polar surface area (TPSA) is 49.4 Å². The van der Waals surface area contributed by atoms with Crippen LogP contribution in [0.1, 0.15) is 25.7 Å². The zero-order valence-electron chi connectivity index (χ0n) is 10.1. The number of anilines is 1. The zero-order chi connectivity index (χ0) is 13.0. The van der Waals surface area contributed by atoms with Gasteiger partial charge in [-0.2, -0.15) is 12.7 Å². The molecule has 1 aliphatic heterocycles. The molecule has 1 aliphatic rings. The Morgan fingerprint density at radius 2 is 1.67 bits per heavy atom. The van der Waals surface area contributed by atoms with Crippen molar-refractivity contribution in [1.82, 2.24) is 4.31 Å². The second-order valence-corrected chi connectivity index (χ2v) is 7.23. The molecular formula is C12H17IN2O2S. The molecule has 0 unspecified atom stereocenters. The van der Waals surface area contributed by atoms with Crippen LogP contribution in [-0.4, -0.2) is 25.8 Å². The molecule has 0 aliphatic carbocycles. The van der Waals surface area contributed by atoms with E-state index >= 15 is 0 Å². The van der Waals surface area contributed by atoms with Gasteiger partial charge in [0.05, 0.1) is 5.69 Å². The van der Waals surface area contributed by atoms with Crippen molar-refractivity contribution in [3.63, 3.8) is 0 Å². The fourth-order valence-electron chi connectivity index (χ4n) is 2.03. The van der Waals surface area contributed by atoms with Gasteiger partial charge in [0, 0.05) is 16.7 Å². The number of hydrogen-bond donors (Lipinski definition) is 1. The first-order valence-electron chi connectivity index (χ1n) is 6.12. The number of benzene rings is 1. The molecule has 1 aromatic carbocycles. The van der Waals surface area contributed by atoms with Gasteiger partial charge >= 0.3 is 10.2 Å². The van der Waals surface area contributed by atoms with Crippen LogP contribution in [0.3, 0.4) is 0 Å². The summed E-state index contributed by atoms with van der Waals surface area (Å²) in [6, 6.07) is 7.41. The molecule has 0 amide bonds. The quantitative estimate of drug-likeness (QED) is 0.820. The molecule has 1 heterocycles. The predicted octanol–water partition coefficient (Wildman–Crippen LogP) is 2.82. The van der Waals surface area contributed by atoms with Crippen LogP contribution in [0, 0.1) is 3.57 Å². The van der Waals surface area contributed by atoms with Crippen molar-refractivity contribution in [2.45, 2.75) is 25.7 Å². The Morgan fingerprint density at radius 1 is 1.06 bits per heavy atom. The van der Waals surface area contributed by atoms with Gasteiger partial charge in [-0.3, -0.25) is 4.72 Å².